The number of halogens is 3. The predicted octanol–water partition coefficient (Wildman–Crippen LogP) is 3.67. The molecule has 0 saturated heterocycles. The third kappa shape index (κ3) is 6.27. The van der Waals surface area contributed by atoms with E-state index in [0.29, 0.717) is 12.1 Å². The van der Waals surface area contributed by atoms with Gasteiger partial charge in [-0.25, -0.2) is 4.98 Å². The van der Waals surface area contributed by atoms with Gasteiger partial charge in [-0.15, -0.1) is 37.2 Å². The van der Waals surface area contributed by atoms with Gasteiger partial charge in [0, 0.05) is 31.9 Å². The molecule has 0 fully saturated rings. The molecule has 11 heteroatoms. The summed E-state index contributed by atoms with van der Waals surface area (Å²) in [4.78, 5) is 25.0. The highest BCUT2D eigenvalue weighted by molar-refractivity contribution is 5.94. The number of amides is 1. The fourth-order valence-electron chi connectivity index (χ4n) is 4.05. The summed E-state index contributed by atoms with van der Waals surface area (Å²) in [5, 5.41) is 10.8. The first-order valence-electron chi connectivity index (χ1n) is 10.7. The molecule has 3 N–H and O–H groups in total. The summed E-state index contributed by atoms with van der Waals surface area (Å²) < 4.78 is 1.80. The van der Waals surface area contributed by atoms with E-state index in [9.17, 15) is 4.79 Å². The van der Waals surface area contributed by atoms with E-state index in [4.69, 9.17) is 0 Å². The van der Waals surface area contributed by atoms with Gasteiger partial charge in [-0.2, -0.15) is 5.10 Å². The topological polar surface area (TPSA) is 101 Å². The molecule has 0 spiro atoms. The van der Waals surface area contributed by atoms with Crippen LogP contribution in [0.1, 0.15) is 39.9 Å². The van der Waals surface area contributed by atoms with Crippen LogP contribution in [0.4, 0.5) is 0 Å². The number of carbonyl (C=O) groups excluding carboxylic acids is 1. The average molecular weight is 525 g/mol. The first-order valence-corrected chi connectivity index (χ1v) is 10.7. The van der Waals surface area contributed by atoms with Crippen molar-refractivity contribution in [3.8, 4) is 0 Å². The zero-order chi connectivity index (χ0) is 21.0. The number of benzene rings is 1. The van der Waals surface area contributed by atoms with Crippen LogP contribution in [0.5, 0.6) is 0 Å². The number of aromatic amines is 1. The van der Waals surface area contributed by atoms with Gasteiger partial charge in [0.15, 0.2) is 0 Å². The monoisotopic (exact) mass is 523 g/mol. The first-order chi connectivity index (χ1) is 15.3. The molecule has 8 nitrogen and oxygen atoms in total. The zero-order valence-electron chi connectivity index (χ0n) is 18.4. The van der Waals surface area contributed by atoms with Crippen LogP contribution in [0, 0.1) is 0 Å². The van der Waals surface area contributed by atoms with Gasteiger partial charge in [-0.05, 0) is 36.6 Å². The summed E-state index contributed by atoms with van der Waals surface area (Å²) in [6.07, 6.45) is 7.87. The van der Waals surface area contributed by atoms with Crippen molar-refractivity contribution in [3.63, 3.8) is 0 Å². The maximum Gasteiger partial charge on any atom is 0.255 e. The molecule has 1 unspecified atom stereocenters. The summed E-state index contributed by atoms with van der Waals surface area (Å²) in [6.45, 7) is 2.28. The number of imidazole rings is 1. The third-order valence-corrected chi connectivity index (χ3v) is 5.65. The molecule has 34 heavy (non-hydrogen) atoms. The highest BCUT2D eigenvalue weighted by Gasteiger charge is 2.25. The zero-order valence-corrected chi connectivity index (χ0v) is 20.9. The lowest BCUT2D eigenvalue weighted by atomic mass is 10.2. The second-order valence-corrected chi connectivity index (χ2v) is 7.81. The van der Waals surface area contributed by atoms with Crippen molar-refractivity contribution >= 4 is 54.2 Å². The Hall–Kier alpha value is -2.65. The SMILES string of the molecule is Cl.Cl.Cl.O=C(NC1CCc2cccnc21)c1cnn(CCNCCc2nc3ccccc3[nH]2)c1. The summed E-state index contributed by atoms with van der Waals surface area (Å²) in [6, 6.07) is 12.0. The number of aromatic nitrogens is 5. The quantitative estimate of drug-likeness (QED) is 0.305. The van der Waals surface area contributed by atoms with Gasteiger partial charge in [0.05, 0.1) is 41.1 Å². The highest BCUT2D eigenvalue weighted by Crippen LogP contribution is 2.28. The van der Waals surface area contributed by atoms with E-state index in [-0.39, 0.29) is 49.2 Å². The number of rotatable bonds is 8. The molecule has 0 aliphatic heterocycles. The minimum Gasteiger partial charge on any atom is -0.344 e. The smallest absolute Gasteiger partial charge is 0.255 e. The Labute approximate surface area is 216 Å². The average Bonchev–Trinajstić information content (AvgIpc) is 3.52. The van der Waals surface area contributed by atoms with Crippen molar-refractivity contribution in [2.24, 2.45) is 0 Å². The van der Waals surface area contributed by atoms with Gasteiger partial charge >= 0.3 is 0 Å². The van der Waals surface area contributed by atoms with Gasteiger partial charge in [0.1, 0.15) is 5.82 Å². The van der Waals surface area contributed by atoms with Gasteiger partial charge in [0.2, 0.25) is 0 Å². The number of H-pyrrole nitrogens is 1. The Kier molecular flexibility index (Phi) is 10.3. The van der Waals surface area contributed by atoms with Crippen LogP contribution in [0.15, 0.2) is 55.0 Å². The molecule has 3 heterocycles. The van der Waals surface area contributed by atoms with Crippen LogP contribution in [-0.4, -0.2) is 43.7 Å². The Bertz CT molecular complexity index is 1180. The largest absolute Gasteiger partial charge is 0.344 e. The van der Waals surface area contributed by atoms with Crippen LogP contribution in [-0.2, 0) is 19.4 Å². The minimum absolute atomic E-state index is 0. The maximum atomic E-state index is 12.6. The molecule has 4 aromatic rings. The number of pyridine rings is 1. The van der Waals surface area contributed by atoms with E-state index < -0.39 is 0 Å². The number of hydrogen-bond donors (Lipinski definition) is 3. The molecule has 0 bridgehead atoms. The van der Waals surface area contributed by atoms with Crippen molar-refractivity contribution in [1.29, 1.82) is 0 Å². The van der Waals surface area contributed by atoms with Gasteiger partial charge in [-0.1, -0.05) is 18.2 Å². The number of para-hydroxylation sites is 2. The van der Waals surface area contributed by atoms with Crippen LogP contribution < -0.4 is 10.6 Å². The van der Waals surface area contributed by atoms with Crippen molar-refractivity contribution in [3.05, 3.63) is 77.6 Å². The lowest BCUT2D eigenvalue weighted by Gasteiger charge is -2.12. The molecule has 1 amide bonds. The summed E-state index contributed by atoms with van der Waals surface area (Å²) in [5.74, 6) is 0.877. The lowest BCUT2D eigenvalue weighted by molar-refractivity contribution is 0.0936. The van der Waals surface area contributed by atoms with Crippen LogP contribution in [0.3, 0.4) is 0 Å². The molecule has 3 aromatic heterocycles. The highest BCUT2D eigenvalue weighted by atomic mass is 35.5. The van der Waals surface area contributed by atoms with E-state index in [1.807, 2.05) is 30.3 Å². The molecule has 182 valence electrons. The second-order valence-electron chi connectivity index (χ2n) is 7.81. The number of fused-ring (bicyclic) bond motifs is 2. The number of nitrogens with one attached hydrogen (secondary N) is 3. The Morgan fingerprint density at radius 2 is 1.97 bits per heavy atom. The summed E-state index contributed by atoms with van der Waals surface area (Å²) >= 11 is 0. The Balaban J connectivity index is 0.00000136. The number of aryl methyl sites for hydroxylation is 1. The fourth-order valence-corrected chi connectivity index (χ4v) is 4.05. The molecule has 1 aromatic carbocycles. The summed E-state index contributed by atoms with van der Waals surface area (Å²) in [5.41, 5.74) is 4.84. The third-order valence-electron chi connectivity index (χ3n) is 5.65. The fraction of sp³-hybridized carbons (Fsp3) is 0.304. The van der Waals surface area contributed by atoms with E-state index >= 15 is 0 Å². The van der Waals surface area contributed by atoms with E-state index in [0.717, 1.165) is 54.9 Å². The standard InChI is InChI=1S/C23H25N7O.3ClH/c31-23(29-20-8-7-16-4-3-10-25-22(16)20)17-14-26-30(15-17)13-12-24-11-9-21-27-18-5-1-2-6-19(18)28-21;;;/h1-6,10,14-15,20,24H,7-9,11-13H2,(H,27,28)(H,29,31);3*1H. The Morgan fingerprint density at radius 3 is 2.82 bits per heavy atom. The molecule has 1 aliphatic rings. The predicted molar refractivity (Wildman–Crippen MR) is 139 cm³/mol. The number of nitrogens with zero attached hydrogens (tertiary/aromatic N) is 4. The van der Waals surface area contributed by atoms with Crippen LogP contribution in [0.25, 0.3) is 11.0 Å². The number of carbonyl (C=O) groups is 1. The summed E-state index contributed by atoms with van der Waals surface area (Å²) in [7, 11) is 0. The molecule has 0 saturated carbocycles. The second kappa shape index (κ2) is 12.7. The van der Waals surface area contributed by atoms with Crippen LogP contribution >= 0.6 is 37.2 Å². The van der Waals surface area contributed by atoms with Crippen molar-refractivity contribution in [1.82, 2.24) is 35.4 Å². The maximum absolute atomic E-state index is 12.6. The van der Waals surface area contributed by atoms with Crippen molar-refractivity contribution in [2.75, 3.05) is 13.1 Å². The molecular formula is C23H28Cl3N7O. The molecule has 0 radical (unpaired) electrons. The van der Waals surface area contributed by atoms with Gasteiger partial charge in [-0.3, -0.25) is 14.5 Å². The van der Waals surface area contributed by atoms with Crippen molar-refractivity contribution < 1.29 is 4.79 Å². The van der Waals surface area contributed by atoms with E-state index in [2.05, 4.69) is 36.8 Å². The minimum atomic E-state index is -0.104. The molecule has 1 aliphatic carbocycles. The lowest BCUT2D eigenvalue weighted by Crippen LogP contribution is -2.27. The molecular weight excluding hydrogens is 497 g/mol. The van der Waals surface area contributed by atoms with E-state index in [1.165, 1.54) is 5.56 Å². The van der Waals surface area contributed by atoms with Gasteiger partial charge < -0.3 is 15.6 Å². The van der Waals surface area contributed by atoms with Gasteiger partial charge in [0.25, 0.3) is 5.91 Å². The van der Waals surface area contributed by atoms with E-state index in [1.54, 1.807) is 23.3 Å². The Morgan fingerprint density at radius 1 is 1.12 bits per heavy atom. The molecule has 1 atom stereocenters. The van der Waals surface area contributed by atoms with Crippen molar-refractivity contribution in [2.45, 2.75) is 31.8 Å². The number of hydrogen-bond acceptors (Lipinski definition) is 5. The molecule has 5 rings (SSSR count). The first kappa shape index (κ1) is 27.6. The van der Waals surface area contributed by atoms with Crippen LogP contribution in [0.2, 0.25) is 0 Å². The normalized spacial score (nSPS) is 13.9.